The molecule has 18 N–H and O–H groups in total. The third kappa shape index (κ3) is 23.1. The standard InChI is InChI=1S/C43H78N12O14/c1-11-22(8)32(40(66)52-30(20(4)5)39(65)55-33(24(10)57)41(67)53-31(21(6)7)42(68)69)54-34(60)23(9)48-36(62)26(14-15-29(58)59)49-38(64)28(18-56)51-37(63)27(17-19(2)3)50-35(61)25(44)13-12-16-47-43(45)46/h19-28,30-33,56-57H,11-18,44H2,1-10H3,(H,48,62)(H,49,64)(H,50,61)(H,51,63)(H,52,66)(H,53,67)(H,54,60)(H,55,65)(H,58,59)(H,68,69)(H4,45,46,47)/t22-,23-,24+,25-,26-,27-,28-,30-,31-,32-,33-/m0/s1. The van der Waals surface area contributed by atoms with Crippen LogP contribution in [-0.2, 0) is 47.9 Å². The Hall–Kier alpha value is -6.15. The van der Waals surface area contributed by atoms with Crippen LogP contribution < -0.4 is 59.7 Å². The maximum Gasteiger partial charge on any atom is 0.326 e. The van der Waals surface area contributed by atoms with Crippen LogP contribution in [0.5, 0.6) is 0 Å². The second-order valence-electron chi connectivity index (χ2n) is 18.1. The highest BCUT2D eigenvalue weighted by Gasteiger charge is 2.37. The molecule has 0 unspecified atom stereocenters. The number of nitrogens with two attached hydrogens (primary N) is 3. The van der Waals surface area contributed by atoms with Gasteiger partial charge in [0.25, 0.3) is 0 Å². The molecule has 0 aliphatic rings. The van der Waals surface area contributed by atoms with Crippen LogP contribution in [0.3, 0.4) is 0 Å². The molecule has 0 aromatic heterocycles. The molecule has 0 heterocycles. The van der Waals surface area contributed by atoms with Crippen molar-refractivity contribution in [3.8, 4) is 0 Å². The second-order valence-corrected chi connectivity index (χ2v) is 18.1. The first-order valence-electron chi connectivity index (χ1n) is 23.0. The summed E-state index contributed by atoms with van der Waals surface area (Å²) in [7, 11) is 0. The van der Waals surface area contributed by atoms with Gasteiger partial charge in [0.15, 0.2) is 5.96 Å². The first kappa shape index (κ1) is 62.8. The van der Waals surface area contributed by atoms with Crippen LogP contribution in [0.2, 0.25) is 0 Å². The molecule has 0 bridgehead atoms. The lowest BCUT2D eigenvalue weighted by molar-refractivity contribution is -0.144. The van der Waals surface area contributed by atoms with E-state index in [-0.39, 0.29) is 31.3 Å². The number of guanidine groups is 1. The van der Waals surface area contributed by atoms with E-state index in [0.29, 0.717) is 12.8 Å². The zero-order chi connectivity index (χ0) is 53.5. The lowest BCUT2D eigenvalue weighted by atomic mass is 9.96. The first-order chi connectivity index (χ1) is 32.0. The highest BCUT2D eigenvalue weighted by molar-refractivity contribution is 5.98. The smallest absolute Gasteiger partial charge is 0.326 e. The van der Waals surface area contributed by atoms with Gasteiger partial charge >= 0.3 is 11.9 Å². The SMILES string of the molecule is CC[C@H](C)[C@H](NC(=O)[C@H](C)NC(=O)[C@H](CCC(=O)O)NC(=O)[C@H](CO)NC(=O)[C@H](CC(C)C)NC(=O)[C@@H](N)CCCN=C(N)N)C(=O)N[C@H](C(=O)N[C@H](C(=O)N[C@H](C(=O)O)C(C)C)[C@@H](C)O)C(C)C. The minimum atomic E-state index is -1.70. The number of aliphatic hydroxyl groups excluding tert-OH is 2. The molecular weight excluding hydrogens is 909 g/mol. The number of hydrogen-bond donors (Lipinski definition) is 15. The van der Waals surface area contributed by atoms with Crippen molar-refractivity contribution in [1.82, 2.24) is 42.5 Å². The Bertz CT molecular complexity index is 1790. The van der Waals surface area contributed by atoms with E-state index in [1.165, 1.54) is 13.8 Å². The Morgan fingerprint density at radius 3 is 1.49 bits per heavy atom. The molecule has 0 fully saturated rings. The lowest BCUT2D eigenvalue weighted by Gasteiger charge is -2.30. The summed E-state index contributed by atoms with van der Waals surface area (Å²) >= 11 is 0. The molecule has 0 aromatic rings. The minimum Gasteiger partial charge on any atom is -0.481 e. The average molecular weight is 987 g/mol. The molecule has 0 rings (SSSR count). The Kier molecular flexibility index (Phi) is 28.3. The van der Waals surface area contributed by atoms with Gasteiger partial charge < -0.3 is 80.2 Å². The molecule has 8 amide bonds. The van der Waals surface area contributed by atoms with Gasteiger partial charge in [-0.25, -0.2) is 4.79 Å². The molecule has 11 atom stereocenters. The van der Waals surface area contributed by atoms with E-state index < -0.39 is 157 Å². The van der Waals surface area contributed by atoms with Crippen molar-refractivity contribution in [3.63, 3.8) is 0 Å². The average Bonchev–Trinajstić information content (AvgIpc) is 3.25. The second kappa shape index (κ2) is 31.1. The topological polar surface area (TPSA) is 438 Å². The van der Waals surface area contributed by atoms with Crippen LogP contribution in [0.4, 0.5) is 0 Å². The van der Waals surface area contributed by atoms with Crippen LogP contribution in [0, 0.1) is 23.7 Å². The molecule has 0 spiro atoms. The van der Waals surface area contributed by atoms with Crippen molar-refractivity contribution in [3.05, 3.63) is 0 Å². The van der Waals surface area contributed by atoms with Gasteiger partial charge in [0.2, 0.25) is 47.3 Å². The number of amides is 8. The van der Waals surface area contributed by atoms with Crippen molar-refractivity contribution in [2.45, 2.75) is 168 Å². The Labute approximate surface area is 402 Å². The van der Waals surface area contributed by atoms with Crippen molar-refractivity contribution < 1.29 is 68.4 Å². The van der Waals surface area contributed by atoms with Gasteiger partial charge in [-0.05, 0) is 63.2 Å². The highest BCUT2D eigenvalue weighted by atomic mass is 16.4. The number of carbonyl (C=O) groups excluding carboxylic acids is 8. The summed E-state index contributed by atoms with van der Waals surface area (Å²) in [6, 6.07) is -12.6. The fourth-order valence-electron chi connectivity index (χ4n) is 6.45. The number of carboxylic acid groups (broad SMARTS) is 2. The number of hydrogen-bond acceptors (Lipinski definition) is 14. The number of rotatable bonds is 32. The summed E-state index contributed by atoms with van der Waals surface area (Å²) in [5.41, 5.74) is 16.6. The summed E-state index contributed by atoms with van der Waals surface area (Å²) in [4.78, 5) is 134. The molecule has 0 saturated heterocycles. The van der Waals surface area contributed by atoms with Gasteiger partial charge in [0, 0.05) is 13.0 Å². The molecule has 0 aromatic carbocycles. The van der Waals surface area contributed by atoms with Gasteiger partial charge in [-0.3, -0.25) is 48.1 Å². The maximum atomic E-state index is 13.8. The van der Waals surface area contributed by atoms with Crippen molar-refractivity contribution in [2.75, 3.05) is 13.2 Å². The van der Waals surface area contributed by atoms with Gasteiger partial charge in [0.1, 0.15) is 48.3 Å². The monoisotopic (exact) mass is 987 g/mol. The van der Waals surface area contributed by atoms with E-state index in [1.807, 2.05) is 0 Å². The number of nitrogens with zero attached hydrogens (tertiary/aromatic N) is 1. The van der Waals surface area contributed by atoms with E-state index in [0.717, 1.165) is 0 Å². The fraction of sp³-hybridized carbons (Fsp3) is 0.744. The Morgan fingerprint density at radius 1 is 0.551 bits per heavy atom. The number of aliphatic imine (C=N–C) groups is 1. The maximum absolute atomic E-state index is 13.8. The summed E-state index contributed by atoms with van der Waals surface area (Å²) in [6.45, 7) is 14.8. The minimum absolute atomic E-state index is 0.0931. The van der Waals surface area contributed by atoms with Crippen LogP contribution in [0.15, 0.2) is 4.99 Å². The zero-order valence-corrected chi connectivity index (χ0v) is 41.3. The van der Waals surface area contributed by atoms with Crippen LogP contribution in [0.1, 0.15) is 108 Å². The number of nitrogens with one attached hydrogen (secondary N) is 8. The molecule has 26 heteroatoms. The van der Waals surface area contributed by atoms with E-state index in [4.69, 9.17) is 17.2 Å². The van der Waals surface area contributed by atoms with Crippen molar-refractivity contribution in [1.29, 1.82) is 0 Å². The highest BCUT2D eigenvalue weighted by Crippen LogP contribution is 2.13. The summed E-state index contributed by atoms with van der Waals surface area (Å²) in [5.74, 6) is -12.1. The van der Waals surface area contributed by atoms with E-state index in [9.17, 15) is 68.4 Å². The predicted octanol–water partition coefficient (Wildman–Crippen LogP) is -4.01. The van der Waals surface area contributed by atoms with Crippen LogP contribution >= 0.6 is 0 Å². The Morgan fingerprint density at radius 2 is 1.01 bits per heavy atom. The summed E-state index contributed by atoms with van der Waals surface area (Å²) in [6.07, 6.45) is -1.70. The number of carbonyl (C=O) groups is 10. The van der Waals surface area contributed by atoms with Crippen molar-refractivity contribution in [2.24, 2.45) is 45.9 Å². The summed E-state index contributed by atoms with van der Waals surface area (Å²) < 4.78 is 0. The molecule has 69 heavy (non-hydrogen) atoms. The predicted molar refractivity (Wildman–Crippen MR) is 251 cm³/mol. The number of aliphatic hydroxyl groups is 2. The number of carboxylic acids is 2. The largest absolute Gasteiger partial charge is 0.481 e. The fourth-order valence-corrected chi connectivity index (χ4v) is 6.45. The van der Waals surface area contributed by atoms with Gasteiger partial charge in [0.05, 0.1) is 18.8 Å². The van der Waals surface area contributed by atoms with Gasteiger partial charge in [-0.15, -0.1) is 0 Å². The molecule has 0 aliphatic carbocycles. The van der Waals surface area contributed by atoms with Crippen molar-refractivity contribution >= 4 is 65.2 Å². The third-order valence-corrected chi connectivity index (χ3v) is 10.8. The normalized spacial score (nSPS) is 16.1. The van der Waals surface area contributed by atoms with E-state index in [2.05, 4.69) is 47.5 Å². The van der Waals surface area contributed by atoms with Crippen LogP contribution in [-0.4, -0.2) is 159 Å². The molecule has 0 aliphatic heterocycles. The number of aliphatic carboxylic acids is 2. The zero-order valence-electron chi connectivity index (χ0n) is 41.3. The third-order valence-electron chi connectivity index (χ3n) is 10.8. The molecule has 0 saturated carbocycles. The first-order valence-corrected chi connectivity index (χ1v) is 23.0. The Balaban J connectivity index is 6.15. The van der Waals surface area contributed by atoms with Crippen LogP contribution in [0.25, 0.3) is 0 Å². The quantitative estimate of drug-likeness (QED) is 0.0173. The van der Waals surface area contributed by atoms with Gasteiger partial charge in [-0.1, -0.05) is 61.8 Å². The summed E-state index contributed by atoms with van der Waals surface area (Å²) in [5, 5.41) is 58.7. The molecule has 394 valence electrons. The molecular formula is C43H78N12O14. The molecule has 26 nitrogen and oxygen atoms in total. The van der Waals surface area contributed by atoms with E-state index >= 15 is 0 Å². The molecule has 0 radical (unpaired) electrons. The van der Waals surface area contributed by atoms with Gasteiger partial charge in [-0.2, -0.15) is 0 Å². The lowest BCUT2D eigenvalue weighted by Crippen LogP contribution is -2.62. The van der Waals surface area contributed by atoms with E-state index in [1.54, 1.807) is 55.4 Å².